The predicted molar refractivity (Wildman–Crippen MR) is 89.2 cm³/mol. The van der Waals surface area contributed by atoms with Crippen LogP contribution in [0.1, 0.15) is 18.5 Å². The Kier molecular flexibility index (Phi) is 5.36. The Morgan fingerprint density at radius 2 is 1.86 bits per heavy atom. The van der Waals surface area contributed by atoms with Crippen molar-refractivity contribution < 1.29 is 9.13 Å². The van der Waals surface area contributed by atoms with Crippen LogP contribution >= 0.6 is 39.1 Å². The quantitative estimate of drug-likeness (QED) is 0.680. The standard InChI is InChI=1S/C15H13BrCl2FNO/c1-8(14-12(19)4-3-5-13(14)21-2)20-15-10(17)6-9(16)7-11(15)18/h3-8,20H,1-2H3. The second-order valence-electron chi connectivity index (χ2n) is 4.47. The lowest BCUT2D eigenvalue weighted by Crippen LogP contribution is -2.11. The first-order chi connectivity index (χ1) is 9.93. The fourth-order valence-corrected chi connectivity index (χ4v) is 3.40. The van der Waals surface area contributed by atoms with Gasteiger partial charge in [-0.2, -0.15) is 0 Å². The number of hydrogen-bond donors (Lipinski definition) is 1. The van der Waals surface area contributed by atoms with Crippen LogP contribution in [-0.2, 0) is 0 Å². The van der Waals surface area contributed by atoms with Gasteiger partial charge in [-0.3, -0.25) is 0 Å². The zero-order valence-electron chi connectivity index (χ0n) is 11.4. The molecule has 0 amide bonds. The summed E-state index contributed by atoms with van der Waals surface area (Å²) in [5.74, 6) is 0.123. The van der Waals surface area contributed by atoms with Crippen molar-refractivity contribution in [3.05, 3.63) is 56.2 Å². The van der Waals surface area contributed by atoms with E-state index in [1.807, 2.05) is 6.92 Å². The number of nitrogens with one attached hydrogen (secondary N) is 1. The van der Waals surface area contributed by atoms with Gasteiger partial charge in [0.15, 0.2) is 0 Å². The van der Waals surface area contributed by atoms with Crippen LogP contribution < -0.4 is 10.1 Å². The SMILES string of the molecule is COc1cccc(F)c1C(C)Nc1c(Cl)cc(Br)cc1Cl. The predicted octanol–water partition coefficient (Wildman–Crippen LogP) is 6.08. The topological polar surface area (TPSA) is 21.3 Å². The molecule has 0 saturated heterocycles. The highest BCUT2D eigenvalue weighted by atomic mass is 79.9. The van der Waals surface area contributed by atoms with Crippen LogP contribution in [0.5, 0.6) is 5.75 Å². The lowest BCUT2D eigenvalue weighted by atomic mass is 10.1. The summed E-state index contributed by atoms with van der Waals surface area (Å²) in [5, 5.41) is 4.04. The molecule has 0 aliphatic heterocycles. The average Bonchev–Trinajstić information content (AvgIpc) is 2.42. The van der Waals surface area contributed by atoms with Crippen LogP contribution in [0.3, 0.4) is 0 Å². The van der Waals surface area contributed by atoms with Gasteiger partial charge in [-0.25, -0.2) is 4.39 Å². The number of benzene rings is 2. The van der Waals surface area contributed by atoms with Crippen LogP contribution in [0.25, 0.3) is 0 Å². The summed E-state index contributed by atoms with van der Waals surface area (Å²) in [4.78, 5) is 0. The molecule has 0 spiro atoms. The Morgan fingerprint density at radius 3 is 2.43 bits per heavy atom. The normalized spacial score (nSPS) is 12.1. The van der Waals surface area contributed by atoms with Gasteiger partial charge in [0.25, 0.3) is 0 Å². The number of halogens is 4. The molecule has 1 unspecified atom stereocenters. The summed E-state index contributed by atoms with van der Waals surface area (Å²) in [5.41, 5.74) is 0.981. The summed E-state index contributed by atoms with van der Waals surface area (Å²) in [6.07, 6.45) is 0. The zero-order valence-corrected chi connectivity index (χ0v) is 14.5. The highest BCUT2D eigenvalue weighted by Crippen LogP contribution is 2.37. The van der Waals surface area contributed by atoms with E-state index in [-0.39, 0.29) is 11.9 Å². The maximum atomic E-state index is 14.1. The minimum atomic E-state index is -0.364. The van der Waals surface area contributed by atoms with E-state index < -0.39 is 0 Å². The first-order valence-electron chi connectivity index (χ1n) is 6.17. The third-order valence-electron chi connectivity index (χ3n) is 3.03. The van der Waals surface area contributed by atoms with Crippen molar-refractivity contribution in [1.29, 1.82) is 0 Å². The summed E-state index contributed by atoms with van der Waals surface area (Å²) >= 11 is 15.7. The number of hydrogen-bond acceptors (Lipinski definition) is 2. The van der Waals surface area contributed by atoms with Gasteiger partial charge in [0.05, 0.1) is 34.4 Å². The third kappa shape index (κ3) is 3.62. The minimum Gasteiger partial charge on any atom is -0.496 e. The third-order valence-corrected chi connectivity index (χ3v) is 4.09. The molecule has 0 fully saturated rings. The van der Waals surface area contributed by atoms with Crippen molar-refractivity contribution >= 4 is 44.8 Å². The van der Waals surface area contributed by atoms with Crippen LogP contribution in [0, 0.1) is 5.82 Å². The molecular weight excluding hydrogens is 380 g/mol. The number of methoxy groups -OCH3 is 1. The van der Waals surface area contributed by atoms with Gasteiger partial charge in [0.2, 0.25) is 0 Å². The van der Waals surface area contributed by atoms with E-state index in [9.17, 15) is 4.39 Å². The van der Waals surface area contributed by atoms with Crippen molar-refractivity contribution in [2.45, 2.75) is 13.0 Å². The van der Waals surface area contributed by atoms with E-state index in [4.69, 9.17) is 27.9 Å². The Bertz CT molecular complexity index is 643. The molecule has 2 rings (SSSR count). The highest BCUT2D eigenvalue weighted by molar-refractivity contribution is 9.10. The Hall–Kier alpha value is -0.970. The molecular formula is C15H13BrCl2FNO. The van der Waals surface area contributed by atoms with E-state index in [0.717, 1.165) is 4.47 Å². The molecule has 2 aromatic carbocycles. The Morgan fingerprint density at radius 1 is 1.24 bits per heavy atom. The van der Waals surface area contributed by atoms with Gasteiger partial charge < -0.3 is 10.1 Å². The smallest absolute Gasteiger partial charge is 0.132 e. The number of rotatable bonds is 4. The maximum Gasteiger partial charge on any atom is 0.132 e. The van der Waals surface area contributed by atoms with Gasteiger partial charge in [-0.1, -0.05) is 45.2 Å². The summed E-state index contributed by atoms with van der Waals surface area (Å²) in [6.45, 7) is 1.82. The van der Waals surface area contributed by atoms with Crippen molar-refractivity contribution in [2.24, 2.45) is 0 Å². The molecule has 0 aliphatic rings. The van der Waals surface area contributed by atoms with Crippen molar-refractivity contribution in [1.82, 2.24) is 0 Å². The molecule has 0 radical (unpaired) electrons. The van der Waals surface area contributed by atoms with Crippen LogP contribution in [-0.4, -0.2) is 7.11 Å². The maximum absolute atomic E-state index is 14.1. The number of anilines is 1. The van der Waals surface area contributed by atoms with Crippen molar-refractivity contribution in [3.63, 3.8) is 0 Å². The largest absolute Gasteiger partial charge is 0.496 e. The van der Waals surface area contributed by atoms with Gasteiger partial charge >= 0.3 is 0 Å². The molecule has 0 heterocycles. The van der Waals surface area contributed by atoms with Crippen LogP contribution in [0.4, 0.5) is 10.1 Å². The summed E-state index contributed by atoms with van der Waals surface area (Å²) in [7, 11) is 1.50. The second kappa shape index (κ2) is 6.86. The summed E-state index contributed by atoms with van der Waals surface area (Å²) < 4.78 is 20.1. The van der Waals surface area contributed by atoms with E-state index in [0.29, 0.717) is 27.0 Å². The Balaban J connectivity index is 2.37. The Labute approximate surface area is 141 Å². The van der Waals surface area contributed by atoms with Crippen LogP contribution in [0.2, 0.25) is 10.0 Å². The summed E-state index contributed by atoms with van der Waals surface area (Å²) in [6, 6.07) is 7.78. The van der Waals surface area contributed by atoms with E-state index >= 15 is 0 Å². The molecule has 2 nitrogen and oxygen atoms in total. The number of ether oxygens (including phenoxy) is 1. The van der Waals surface area contributed by atoms with E-state index in [2.05, 4.69) is 21.2 Å². The minimum absolute atomic E-state index is 0.348. The molecule has 21 heavy (non-hydrogen) atoms. The van der Waals surface area contributed by atoms with Gasteiger partial charge in [-0.15, -0.1) is 0 Å². The fraction of sp³-hybridized carbons (Fsp3) is 0.200. The molecule has 0 aromatic heterocycles. The fourth-order valence-electron chi connectivity index (χ4n) is 2.08. The van der Waals surface area contributed by atoms with Crippen molar-refractivity contribution in [3.8, 4) is 5.75 Å². The average molecular weight is 393 g/mol. The molecule has 1 N–H and O–H groups in total. The van der Waals surface area contributed by atoms with Gasteiger partial charge in [-0.05, 0) is 31.2 Å². The highest BCUT2D eigenvalue weighted by Gasteiger charge is 2.18. The van der Waals surface area contributed by atoms with Crippen LogP contribution in [0.15, 0.2) is 34.8 Å². The monoisotopic (exact) mass is 391 g/mol. The molecule has 112 valence electrons. The molecule has 0 saturated carbocycles. The second-order valence-corrected chi connectivity index (χ2v) is 6.20. The molecule has 0 bridgehead atoms. The molecule has 1 atom stereocenters. The first-order valence-corrected chi connectivity index (χ1v) is 7.72. The van der Waals surface area contributed by atoms with Gasteiger partial charge in [0.1, 0.15) is 11.6 Å². The first kappa shape index (κ1) is 16.4. The lowest BCUT2D eigenvalue weighted by molar-refractivity contribution is 0.402. The van der Waals surface area contributed by atoms with E-state index in [1.54, 1.807) is 24.3 Å². The molecule has 2 aromatic rings. The van der Waals surface area contributed by atoms with Gasteiger partial charge in [0, 0.05) is 4.47 Å². The van der Waals surface area contributed by atoms with E-state index in [1.165, 1.54) is 13.2 Å². The lowest BCUT2D eigenvalue weighted by Gasteiger charge is -2.20. The molecule has 6 heteroatoms. The molecule has 0 aliphatic carbocycles. The van der Waals surface area contributed by atoms with Crippen molar-refractivity contribution in [2.75, 3.05) is 12.4 Å². The zero-order chi connectivity index (χ0) is 15.6.